The predicted molar refractivity (Wildman–Crippen MR) is 133 cm³/mol. The highest BCUT2D eigenvalue weighted by molar-refractivity contribution is 5.73. The lowest BCUT2D eigenvalue weighted by atomic mass is 9.83. The smallest absolute Gasteiger partial charge is 0.497 e. The molecule has 0 radical (unpaired) electrons. The zero-order valence-corrected chi connectivity index (χ0v) is 21.1. The van der Waals surface area contributed by atoms with E-state index in [1.165, 1.54) is 31.4 Å². The Bertz CT molecular complexity index is 1380. The zero-order chi connectivity index (χ0) is 27.9. The number of benzene rings is 3. The van der Waals surface area contributed by atoms with Crippen molar-refractivity contribution in [2.75, 3.05) is 13.7 Å². The van der Waals surface area contributed by atoms with Crippen LogP contribution in [0.5, 0.6) is 23.0 Å². The van der Waals surface area contributed by atoms with E-state index in [-0.39, 0.29) is 35.3 Å². The number of carbonyl (C=O) groups is 1. The zero-order valence-electron chi connectivity index (χ0n) is 21.1. The molecule has 3 aromatic carbocycles. The van der Waals surface area contributed by atoms with E-state index in [1.54, 1.807) is 19.1 Å². The fourth-order valence-electron chi connectivity index (χ4n) is 5.05. The van der Waals surface area contributed by atoms with E-state index in [4.69, 9.17) is 14.2 Å². The summed E-state index contributed by atoms with van der Waals surface area (Å²) in [7, 11) is 1.37. The molecular formula is C29H26F4O6. The minimum atomic E-state index is -5.02. The largest absolute Gasteiger partial charge is 0.573 e. The van der Waals surface area contributed by atoms with Gasteiger partial charge in [0.2, 0.25) is 0 Å². The average Bonchev–Trinajstić information content (AvgIpc) is 3.73. The summed E-state index contributed by atoms with van der Waals surface area (Å²) >= 11 is 0. The van der Waals surface area contributed by atoms with Gasteiger partial charge < -0.3 is 24.1 Å². The van der Waals surface area contributed by atoms with Gasteiger partial charge in [-0.2, -0.15) is 0 Å². The normalized spacial score (nSPS) is 18.3. The third kappa shape index (κ3) is 5.74. The van der Waals surface area contributed by atoms with Crippen LogP contribution in [0, 0.1) is 17.7 Å². The molecule has 0 saturated heterocycles. The molecule has 1 aliphatic carbocycles. The fourth-order valence-corrected chi connectivity index (χ4v) is 5.05. The Morgan fingerprint density at radius 3 is 2.46 bits per heavy atom. The summed E-state index contributed by atoms with van der Waals surface area (Å²) in [6.07, 6.45) is -3.92. The molecular weight excluding hydrogens is 520 g/mol. The first-order valence-electron chi connectivity index (χ1n) is 12.4. The van der Waals surface area contributed by atoms with Crippen LogP contribution in [0.25, 0.3) is 11.1 Å². The van der Waals surface area contributed by atoms with Crippen molar-refractivity contribution >= 4 is 5.97 Å². The maximum atomic E-state index is 14.6. The first-order chi connectivity index (χ1) is 18.5. The lowest BCUT2D eigenvalue weighted by Crippen LogP contribution is -2.24. The highest BCUT2D eigenvalue weighted by Gasteiger charge is 2.39. The van der Waals surface area contributed by atoms with E-state index in [2.05, 4.69) is 4.74 Å². The SMILES string of the molecule is COc1ccc(F)c(-c2ccc(C3COc4ccc([C@H](C5CC5)[C@H](C)C(=O)O)cc4O3)cc2OC(F)(F)F)c1. The fraction of sp³-hybridized carbons (Fsp3) is 0.345. The predicted octanol–water partition coefficient (Wildman–Crippen LogP) is 7.13. The Hall–Kier alpha value is -3.95. The number of methoxy groups -OCH3 is 1. The van der Waals surface area contributed by atoms with Gasteiger partial charge in [-0.3, -0.25) is 4.79 Å². The van der Waals surface area contributed by atoms with Crippen LogP contribution >= 0.6 is 0 Å². The Balaban J connectivity index is 1.47. The lowest BCUT2D eigenvalue weighted by molar-refractivity contribution is -0.274. The van der Waals surface area contributed by atoms with Gasteiger partial charge in [-0.05, 0) is 72.2 Å². The van der Waals surface area contributed by atoms with Gasteiger partial charge >= 0.3 is 12.3 Å². The molecule has 1 N–H and O–H groups in total. The van der Waals surface area contributed by atoms with Gasteiger partial charge in [0.15, 0.2) is 17.6 Å². The van der Waals surface area contributed by atoms with Crippen LogP contribution in [0.15, 0.2) is 54.6 Å². The maximum Gasteiger partial charge on any atom is 0.573 e. The van der Waals surface area contributed by atoms with Crippen LogP contribution in [0.1, 0.15) is 42.9 Å². The van der Waals surface area contributed by atoms with E-state index in [1.807, 2.05) is 6.07 Å². The molecule has 0 bridgehead atoms. The summed E-state index contributed by atoms with van der Waals surface area (Å²) in [6, 6.07) is 13.1. The summed E-state index contributed by atoms with van der Waals surface area (Å²) in [5, 5.41) is 9.60. The van der Waals surface area contributed by atoms with Crippen molar-refractivity contribution < 1.29 is 46.4 Å². The van der Waals surface area contributed by atoms with Crippen molar-refractivity contribution in [1.82, 2.24) is 0 Å². The van der Waals surface area contributed by atoms with Crippen molar-refractivity contribution in [3.63, 3.8) is 0 Å². The van der Waals surface area contributed by atoms with Crippen LogP contribution in [-0.2, 0) is 4.79 Å². The van der Waals surface area contributed by atoms with Crippen LogP contribution in [0.4, 0.5) is 17.6 Å². The van der Waals surface area contributed by atoms with Crippen LogP contribution in [0.3, 0.4) is 0 Å². The molecule has 5 rings (SSSR count). The number of aliphatic carboxylic acids is 1. The van der Waals surface area contributed by atoms with Gasteiger partial charge in [-0.1, -0.05) is 25.1 Å². The Morgan fingerprint density at radius 1 is 1.03 bits per heavy atom. The molecule has 39 heavy (non-hydrogen) atoms. The standard InChI is InChI=1S/C29H26F4O6/c1-15(28(34)35)27(16-3-4-16)18-6-10-23-25(12-18)38-26(14-37-23)17-5-8-20(24(11-17)39-29(31,32)33)21-13-19(36-2)7-9-22(21)30/h5-13,15-16,26-27H,3-4,14H2,1-2H3,(H,34,35)/t15-,26?,27-/m0/s1. The van der Waals surface area contributed by atoms with E-state index < -0.39 is 35.9 Å². The number of rotatable bonds is 8. The van der Waals surface area contributed by atoms with Crippen molar-refractivity contribution in [2.24, 2.45) is 11.8 Å². The average molecular weight is 547 g/mol. The molecule has 1 unspecified atom stereocenters. The molecule has 3 atom stereocenters. The highest BCUT2D eigenvalue weighted by atomic mass is 19.4. The number of hydrogen-bond donors (Lipinski definition) is 1. The number of hydrogen-bond acceptors (Lipinski definition) is 5. The lowest BCUT2D eigenvalue weighted by Gasteiger charge is -2.29. The second-order valence-electron chi connectivity index (χ2n) is 9.76. The second-order valence-corrected chi connectivity index (χ2v) is 9.76. The molecule has 1 heterocycles. The molecule has 0 spiro atoms. The Labute approximate surface area is 222 Å². The summed E-state index contributed by atoms with van der Waals surface area (Å²) in [5.74, 6) is -1.66. The van der Waals surface area contributed by atoms with Gasteiger partial charge in [-0.25, -0.2) is 4.39 Å². The van der Waals surface area contributed by atoms with Gasteiger partial charge in [-0.15, -0.1) is 13.2 Å². The van der Waals surface area contributed by atoms with Gasteiger partial charge in [0, 0.05) is 11.1 Å². The summed E-state index contributed by atoms with van der Waals surface area (Å²) in [4.78, 5) is 11.7. The summed E-state index contributed by atoms with van der Waals surface area (Å²) < 4.78 is 76.0. The first kappa shape index (κ1) is 26.6. The molecule has 1 fully saturated rings. The van der Waals surface area contributed by atoms with Gasteiger partial charge in [0.1, 0.15) is 23.9 Å². The maximum absolute atomic E-state index is 14.6. The quantitative estimate of drug-likeness (QED) is 0.303. The number of carboxylic acids is 1. The Morgan fingerprint density at radius 2 is 1.79 bits per heavy atom. The van der Waals surface area contributed by atoms with Crippen LogP contribution < -0.4 is 18.9 Å². The Kier molecular flexibility index (Phi) is 7.05. The summed E-state index contributed by atoms with van der Waals surface area (Å²) in [6.45, 7) is 1.70. The number of alkyl halides is 3. The van der Waals surface area contributed by atoms with Crippen LogP contribution in [-0.4, -0.2) is 31.2 Å². The number of carboxylic acid groups (broad SMARTS) is 1. The number of fused-ring (bicyclic) bond motifs is 1. The monoisotopic (exact) mass is 546 g/mol. The van der Waals surface area contributed by atoms with E-state index in [9.17, 15) is 27.5 Å². The van der Waals surface area contributed by atoms with Crippen molar-refractivity contribution in [3.05, 3.63) is 71.5 Å². The number of ether oxygens (including phenoxy) is 4. The van der Waals surface area contributed by atoms with E-state index in [0.29, 0.717) is 17.1 Å². The summed E-state index contributed by atoms with van der Waals surface area (Å²) in [5.41, 5.74) is 0.909. The third-order valence-electron chi connectivity index (χ3n) is 7.14. The van der Waals surface area contributed by atoms with Crippen molar-refractivity contribution in [3.8, 4) is 34.1 Å². The molecule has 1 saturated carbocycles. The molecule has 206 valence electrons. The van der Waals surface area contributed by atoms with Crippen LogP contribution in [0.2, 0.25) is 0 Å². The van der Waals surface area contributed by atoms with Gasteiger partial charge in [0.05, 0.1) is 13.0 Å². The van der Waals surface area contributed by atoms with E-state index >= 15 is 0 Å². The minimum absolute atomic E-state index is 0.0161. The second kappa shape index (κ2) is 10.3. The van der Waals surface area contributed by atoms with Crippen molar-refractivity contribution in [1.29, 1.82) is 0 Å². The minimum Gasteiger partial charge on any atom is -0.497 e. The molecule has 0 amide bonds. The topological polar surface area (TPSA) is 74.2 Å². The molecule has 10 heteroatoms. The van der Waals surface area contributed by atoms with Gasteiger partial charge in [0.25, 0.3) is 0 Å². The van der Waals surface area contributed by atoms with Crippen molar-refractivity contribution in [2.45, 2.75) is 38.1 Å². The molecule has 6 nitrogen and oxygen atoms in total. The molecule has 2 aliphatic rings. The molecule has 3 aromatic rings. The molecule has 0 aromatic heterocycles. The third-order valence-corrected chi connectivity index (χ3v) is 7.14. The first-order valence-corrected chi connectivity index (χ1v) is 12.4. The number of halogens is 4. The molecule has 1 aliphatic heterocycles. The highest BCUT2D eigenvalue weighted by Crippen LogP contribution is 2.49. The van der Waals surface area contributed by atoms with E-state index in [0.717, 1.165) is 30.5 Å².